The van der Waals surface area contributed by atoms with Gasteiger partial charge in [0.15, 0.2) is 0 Å². The molecule has 2 rings (SSSR count). The molecule has 19 heavy (non-hydrogen) atoms. The van der Waals surface area contributed by atoms with Gasteiger partial charge in [-0.25, -0.2) is 0 Å². The monoisotopic (exact) mass is 308 g/mol. The number of carbonyl (C=O) groups is 1. The first-order chi connectivity index (χ1) is 8.77. The molecule has 0 amide bonds. The Kier molecular flexibility index (Phi) is 4.16. The summed E-state index contributed by atoms with van der Waals surface area (Å²) in [5.74, 6) is 0.167. The van der Waals surface area contributed by atoms with Crippen LogP contribution in [0, 0.1) is 0 Å². The molecular formula is C13H12ClF3OS. The Morgan fingerprint density at radius 2 is 2.11 bits per heavy atom. The first-order valence-corrected chi connectivity index (χ1v) is 7.13. The lowest BCUT2D eigenvalue weighted by Gasteiger charge is -2.13. The molecule has 1 fully saturated rings. The minimum Gasteiger partial charge on any atom is -0.298 e. The molecule has 1 aliphatic rings. The molecule has 2 unspecified atom stereocenters. The van der Waals surface area contributed by atoms with Crippen molar-refractivity contribution in [3.05, 3.63) is 34.3 Å². The zero-order valence-electron chi connectivity index (χ0n) is 10.1. The summed E-state index contributed by atoms with van der Waals surface area (Å²) in [4.78, 5) is 11.4. The molecule has 0 radical (unpaired) electrons. The highest BCUT2D eigenvalue weighted by Crippen LogP contribution is 2.37. The van der Waals surface area contributed by atoms with Gasteiger partial charge in [-0.1, -0.05) is 17.7 Å². The van der Waals surface area contributed by atoms with Crippen LogP contribution in [0.2, 0.25) is 5.02 Å². The van der Waals surface area contributed by atoms with Gasteiger partial charge >= 0.3 is 6.18 Å². The maximum atomic E-state index is 12.7. The van der Waals surface area contributed by atoms with Crippen molar-refractivity contribution in [3.8, 4) is 0 Å². The lowest BCUT2D eigenvalue weighted by Crippen LogP contribution is -2.09. The lowest BCUT2D eigenvalue weighted by atomic mass is 10.0. The third-order valence-electron chi connectivity index (χ3n) is 3.08. The summed E-state index contributed by atoms with van der Waals surface area (Å²) in [6.07, 6.45) is -3.56. The highest BCUT2D eigenvalue weighted by molar-refractivity contribution is 8.01. The second-order valence-electron chi connectivity index (χ2n) is 4.59. The normalized spacial score (nSPS) is 23.9. The predicted octanol–water partition coefficient (Wildman–Crippen LogP) is 4.36. The summed E-state index contributed by atoms with van der Waals surface area (Å²) in [6.45, 7) is 1.83. The number of hydrogen-bond donors (Lipinski definition) is 0. The standard InChI is InChI=1S/C13H12ClF3OS/c1-7-12(18)6-9(19-7)4-8-2-3-11(14)10(5-8)13(15,16)17/h2-3,5,7,9H,4,6H2,1H3. The molecule has 0 aromatic heterocycles. The fourth-order valence-corrected chi connectivity index (χ4v) is 3.70. The molecule has 0 N–H and O–H groups in total. The first kappa shape index (κ1) is 14.7. The molecule has 6 heteroatoms. The average molecular weight is 309 g/mol. The van der Waals surface area contributed by atoms with Gasteiger partial charge in [0, 0.05) is 11.7 Å². The third kappa shape index (κ3) is 3.45. The van der Waals surface area contributed by atoms with E-state index in [0.29, 0.717) is 18.4 Å². The van der Waals surface area contributed by atoms with Gasteiger partial charge in [-0.3, -0.25) is 4.79 Å². The number of thioether (sulfide) groups is 1. The van der Waals surface area contributed by atoms with Gasteiger partial charge in [0.25, 0.3) is 0 Å². The smallest absolute Gasteiger partial charge is 0.298 e. The average Bonchev–Trinajstić information content (AvgIpc) is 2.59. The van der Waals surface area contributed by atoms with Crippen LogP contribution in [0.3, 0.4) is 0 Å². The van der Waals surface area contributed by atoms with Gasteiger partial charge < -0.3 is 0 Å². The van der Waals surface area contributed by atoms with Crippen molar-refractivity contribution in [2.24, 2.45) is 0 Å². The number of halogens is 4. The Hall–Kier alpha value is -0.680. The number of ketones is 1. The van der Waals surface area contributed by atoms with Crippen LogP contribution in [0.15, 0.2) is 18.2 Å². The second-order valence-corrected chi connectivity index (χ2v) is 6.64. The quantitative estimate of drug-likeness (QED) is 0.807. The highest BCUT2D eigenvalue weighted by Gasteiger charge is 2.34. The van der Waals surface area contributed by atoms with Crippen molar-refractivity contribution in [1.29, 1.82) is 0 Å². The van der Waals surface area contributed by atoms with Gasteiger partial charge in [0.1, 0.15) is 5.78 Å². The zero-order valence-corrected chi connectivity index (χ0v) is 11.7. The van der Waals surface area contributed by atoms with Gasteiger partial charge in [-0.15, -0.1) is 11.8 Å². The van der Waals surface area contributed by atoms with E-state index in [1.54, 1.807) is 6.07 Å². The van der Waals surface area contributed by atoms with E-state index in [1.165, 1.54) is 17.8 Å². The molecule has 1 saturated heterocycles. The number of Topliss-reactive ketones (excluding diaryl/α,β-unsaturated/α-hetero) is 1. The molecule has 0 bridgehead atoms. The van der Waals surface area contributed by atoms with Crippen molar-refractivity contribution in [2.75, 3.05) is 0 Å². The fraction of sp³-hybridized carbons (Fsp3) is 0.462. The van der Waals surface area contributed by atoms with E-state index in [-0.39, 0.29) is 21.3 Å². The van der Waals surface area contributed by atoms with Crippen molar-refractivity contribution in [1.82, 2.24) is 0 Å². The molecule has 0 saturated carbocycles. The maximum Gasteiger partial charge on any atom is 0.417 e. The Morgan fingerprint density at radius 1 is 1.42 bits per heavy atom. The number of hydrogen-bond acceptors (Lipinski definition) is 2. The van der Waals surface area contributed by atoms with E-state index in [4.69, 9.17) is 11.6 Å². The van der Waals surface area contributed by atoms with Crippen LogP contribution in [0.25, 0.3) is 0 Å². The van der Waals surface area contributed by atoms with Crippen LogP contribution >= 0.6 is 23.4 Å². The molecule has 1 aromatic rings. The van der Waals surface area contributed by atoms with Gasteiger partial charge in [0.2, 0.25) is 0 Å². The minimum absolute atomic E-state index is 0.0561. The van der Waals surface area contributed by atoms with Gasteiger partial charge in [-0.2, -0.15) is 13.2 Å². The van der Waals surface area contributed by atoms with E-state index >= 15 is 0 Å². The van der Waals surface area contributed by atoms with Gasteiger partial charge in [0.05, 0.1) is 15.8 Å². The molecule has 1 nitrogen and oxygen atoms in total. The number of rotatable bonds is 2. The Morgan fingerprint density at radius 3 is 2.63 bits per heavy atom. The lowest BCUT2D eigenvalue weighted by molar-refractivity contribution is -0.137. The number of carbonyl (C=O) groups excluding carboxylic acids is 1. The Labute approximate surface area is 118 Å². The van der Waals surface area contributed by atoms with E-state index in [0.717, 1.165) is 6.07 Å². The summed E-state index contributed by atoms with van der Waals surface area (Å²) in [5, 5.41) is -0.288. The second kappa shape index (κ2) is 5.37. The number of alkyl halides is 3. The van der Waals surface area contributed by atoms with Crippen LogP contribution in [0.5, 0.6) is 0 Å². The SMILES string of the molecule is CC1SC(Cc2ccc(Cl)c(C(F)(F)F)c2)CC1=O. The molecule has 1 aromatic carbocycles. The van der Waals surface area contributed by atoms with E-state index < -0.39 is 11.7 Å². The van der Waals surface area contributed by atoms with E-state index in [1.807, 2.05) is 6.92 Å². The third-order valence-corrected chi connectivity index (χ3v) is 4.80. The van der Waals surface area contributed by atoms with Crippen LogP contribution < -0.4 is 0 Å². The minimum atomic E-state index is -4.45. The number of benzene rings is 1. The van der Waals surface area contributed by atoms with Crippen molar-refractivity contribution in [2.45, 2.75) is 36.4 Å². The molecule has 0 spiro atoms. The highest BCUT2D eigenvalue weighted by atomic mass is 35.5. The molecule has 1 heterocycles. The largest absolute Gasteiger partial charge is 0.417 e. The van der Waals surface area contributed by atoms with Crippen LogP contribution in [-0.4, -0.2) is 16.3 Å². The predicted molar refractivity (Wildman–Crippen MR) is 70.6 cm³/mol. The zero-order chi connectivity index (χ0) is 14.2. The van der Waals surface area contributed by atoms with E-state index in [2.05, 4.69) is 0 Å². The Bertz CT molecular complexity index is 501. The van der Waals surface area contributed by atoms with Crippen molar-refractivity contribution < 1.29 is 18.0 Å². The molecular weight excluding hydrogens is 297 g/mol. The maximum absolute atomic E-state index is 12.7. The summed E-state index contributed by atoms with van der Waals surface area (Å²) in [5.41, 5.74) is -0.245. The summed E-state index contributed by atoms with van der Waals surface area (Å²) in [7, 11) is 0. The Balaban J connectivity index is 2.16. The summed E-state index contributed by atoms with van der Waals surface area (Å²) in [6, 6.07) is 3.94. The molecule has 0 aliphatic carbocycles. The summed E-state index contributed by atoms with van der Waals surface area (Å²) >= 11 is 7.09. The van der Waals surface area contributed by atoms with Crippen molar-refractivity contribution >= 4 is 29.1 Å². The van der Waals surface area contributed by atoms with Gasteiger partial charge in [-0.05, 0) is 31.0 Å². The van der Waals surface area contributed by atoms with Crippen LogP contribution in [0.4, 0.5) is 13.2 Å². The topological polar surface area (TPSA) is 17.1 Å². The molecule has 104 valence electrons. The van der Waals surface area contributed by atoms with Crippen LogP contribution in [-0.2, 0) is 17.4 Å². The first-order valence-electron chi connectivity index (χ1n) is 5.81. The fourth-order valence-electron chi connectivity index (χ4n) is 2.10. The van der Waals surface area contributed by atoms with E-state index in [9.17, 15) is 18.0 Å². The van der Waals surface area contributed by atoms with Crippen molar-refractivity contribution in [3.63, 3.8) is 0 Å². The van der Waals surface area contributed by atoms with Crippen LogP contribution in [0.1, 0.15) is 24.5 Å². The summed E-state index contributed by atoms with van der Waals surface area (Å²) < 4.78 is 38.2. The molecule has 2 atom stereocenters. The molecule has 1 aliphatic heterocycles.